The minimum Gasteiger partial charge on any atom is -0.212 e. The van der Waals surface area contributed by atoms with Gasteiger partial charge in [0.2, 0.25) is 0 Å². The number of rotatable bonds is 0. The van der Waals surface area contributed by atoms with Gasteiger partial charge in [0, 0.05) is 0 Å². The molecule has 0 unspecified atom stereocenters. The zero-order chi connectivity index (χ0) is 10.7. The molecule has 0 aliphatic heterocycles. The van der Waals surface area contributed by atoms with Gasteiger partial charge in [-0.2, -0.15) is 17.6 Å². The molecule has 1 aliphatic rings. The summed E-state index contributed by atoms with van der Waals surface area (Å²) in [5, 5.41) is -8.14. The SMILES string of the molecule is FC1(F)C(Cl)=C(Cl)C(F)(F)C1(F)Cl. The van der Waals surface area contributed by atoms with E-state index in [9.17, 15) is 22.0 Å². The van der Waals surface area contributed by atoms with Gasteiger partial charge in [0.25, 0.3) is 0 Å². The molecule has 8 heteroatoms. The molecule has 13 heavy (non-hydrogen) atoms. The second-order valence-corrected chi connectivity index (χ2v) is 3.63. The van der Waals surface area contributed by atoms with E-state index in [1.54, 1.807) is 0 Å². The Morgan fingerprint density at radius 2 is 1.00 bits per heavy atom. The van der Waals surface area contributed by atoms with Gasteiger partial charge in [-0.1, -0.05) is 34.8 Å². The van der Waals surface area contributed by atoms with E-state index in [0.29, 0.717) is 0 Å². The summed E-state index contributed by atoms with van der Waals surface area (Å²) in [7, 11) is 0. The van der Waals surface area contributed by atoms with Crippen LogP contribution in [-0.4, -0.2) is 17.0 Å². The highest BCUT2D eigenvalue weighted by Gasteiger charge is 2.78. The molecule has 0 aromatic heterocycles. The molecule has 0 heterocycles. The Kier molecular flexibility index (Phi) is 2.30. The molecule has 0 radical (unpaired) electrons. The third kappa shape index (κ3) is 1.10. The Balaban J connectivity index is 3.39. The van der Waals surface area contributed by atoms with Gasteiger partial charge in [-0.25, -0.2) is 4.39 Å². The predicted molar refractivity (Wildman–Crippen MR) is 38.3 cm³/mol. The number of hydrogen-bond acceptors (Lipinski definition) is 0. The number of alkyl halides is 6. The van der Waals surface area contributed by atoms with Gasteiger partial charge in [-0.05, 0) is 0 Å². The summed E-state index contributed by atoms with van der Waals surface area (Å²) in [4.78, 5) is 0. The van der Waals surface area contributed by atoms with Gasteiger partial charge in [0.1, 0.15) is 10.1 Å². The molecule has 0 amide bonds. The van der Waals surface area contributed by atoms with Crippen molar-refractivity contribution in [1.82, 2.24) is 0 Å². The van der Waals surface area contributed by atoms with Gasteiger partial charge < -0.3 is 0 Å². The van der Waals surface area contributed by atoms with Crippen LogP contribution in [0.1, 0.15) is 0 Å². The fourth-order valence-electron chi connectivity index (χ4n) is 0.749. The zero-order valence-electron chi connectivity index (χ0n) is 5.52. The minimum atomic E-state index is -4.68. The zero-order valence-corrected chi connectivity index (χ0v) is 7.79. The molecule has 0 nitrogen and oxygen atoms in total. The highest BCUT2D eigenvalue weighted by molar-refractivity contribution is 6.43. The third-order valence-corrected chi connectivity index (χ3v) is 2.96. The van der Waals surface area contributed by atoms with Crippen LogP contribution in [0.3, 0.4) is 0 Å². The monoisotopic (exact) mass is 260 g/mol. The van der Waals surface area contributed by atoms with Crippen LogP contribution in [0.15, 0.2) is 10.1 Å². The summed E-state index contributed by atoms with van der Waals surface area (Å²) in [5.41, 5.74) is 0. The highest BCUT2D eigenvalue weighted by Crippen LogP contribution is 2.62. The molecule has 0 N–H and O–H groups in total. The first kappa shape index (κ1) is 11.3. The maximum absolute atomic E-state index is 12.7. The Morgan fingerprint density at radius 3 is 1.08 bits per heavy atom. The first-order valence-electron chi connectivity index (χ1n) is 2.76. The summed E-state index contributed by atoms with van der Waals surface area (Å²) >= 11 is 13.8. The highest BCUT2D eigenvalue weighted by atomic mass is 35.5. The summed E-state index contributed by atoms with van der Waals surface area (Å²) in [6.07, 6.45) is 0. The Labute approximate surface area is 84.2 Å². The molecule has 0 saturated carbocycles. The number of hydrogen-bond donors (Lipinski definition) is 0. The smallest absolute Gasteiger partial charge is 0.212 e. The fourth-order valence-corrected chi connectivity index (χ4v) is 1.53. The Morgan fingerprint density at radius 1 is 0.769 bits per heavy atom. The summed E-state index contributed by atoms with van der Waals surface area (Å²) < 4.78 is 63.1. The fraction of sp³-hybridized carbons (Fsp3) is 0.600. The lowest BCUT2D eigenvalue weighted by Crippen LogP contribution is -2.47. The standard InChI is InChI=1S/C5Cl3F5/c6-1-2(7)4(11,12)5(8,13)3(1,9)10. The molecule has 0 aromatic carbocycles. The summed E-state index contributed by atoms with van der Waals surface area (Å²) in [6.45, 7) is 0. The second kappa shape index (κ2) is 2.64. The van der Waals surface area contributed by atoms with Crippen LogP contribution in [0.25, 0.3) is 0 Å². The van der Waals surface area contributed by atoms with Crippen LogP contribution in [0.4, 0.5) is 22.0 Å². The van der Waals surface area contributed by atoms with E-state index >= 15 is 0 Å². The molecule has 0 bridgehead atoms. The quantitative estimate of drug-likeness (QED) is 0.459. The molecule has 76 valence electrons. The molecule has 0 saturated heterocycles. The van der Waals surface area contributed by atoms with Gasteiger partial charge in [-0.3, -0.25) is 0 Å². The summed E-state index contributed by atoms with van der Waals surface area (Å²) in [6, 6.07) is 0. The molecule has 0 atom stereocenters. The lowest BCUT2D eigenvalue weighted by molar-refractivity contribution is -0.145. The average Bonchev–Trinajstić information content (AvgIpc) is 2.05. The van der Waals surface area contributed by atoms with Crippen LogP contribution in [-0.2, 0) is 0 Å². The normalized spacial score (nSPS) is 29.5. The van der Waals surface area contributed by atoms with Crippen molar-refractivity contribution in [3.63, 3.8) is 0 Å². The van der Waals surface area contributed by atoms with E-state index < -0.39 is 27.0 Å². The van der Waals surface area contributed by atoms with Crippen molar-refractivity contribution in [3.8, 4) is 0 Å². The van der Waals surface area contributed by atoms with E-state index in [0.717, 1.165) is 0 Å². The van der Waals surface area contributed by atoms with Gasteiger partial charge in [0.15, 0.2) is 0 Å². The van der Waals surface area contributed by atoms with Gasteiger partial charge in [-0.15, -0.1) is 0 Å². The largest absolute Gasteiger partial charge is 0.338 e. The summed E-state index contributed by atoms with van der Waals surface area (Å²) in [5.74, 6) is -9.37. The lowest BCUT2D eigenvalue weighted by Gasteiger charge is -2.25. The van der Waals surface area contributed by atoms with Crippen LogP contribution in [0.2, 0.25) is 0 Å². The second-order valence-electron chi connectivity index (χ2n) is 2.35. The molecule has 0 aromatic rings. The van der Waals surface area contributed by atoms with Crippen LogP contribution in [0, 0.1) is 0 Å². The van der Waals surface area contributed by atoms with E-state index in [-0.39, 0.29) is 0 Å². The number of allylic oxidation sites excluding steroid dienone is 2. The van der Waals surface area contributed by atoms with Gasteiger partial charge in [0.05, 0.1) is 0 Å². The van der Waals surface area contributed by atoms with Crippen LogP contribution < -0.4 is 0 Å². The minimum absolute atomic E-state index is 1.77. The third-order valence-electron chi connectivity index (χ3n) is 1.53. The first-order valence-corrected chi connectivity index (χ1v) is 3.90. The topological polar surface area (TPSA) is 0 Å². The Bertz CT molecular complexity index is 256. The number of halogens is 8. The van der Waals surface area contributed by atoms with Crippen molar-refractivity contribution in [3.05, 3.63) is 10.1 Å². The maximum atomic E-state index is 12.7. The Hall–Kier alpha value is 0.260. The van der Waals surface area contributed by atoms with Crippen molar-refractivity contribution >= 4 is 34.8 Å². The molecular formula is C5Cl3F5. The molecule has 0 fully saturated rings. The lowest BCUT2D eigenvalue weighted by atomic mass is 10.2. The van der Waals surface area contributed by atoms with E-state index in [2.05, 4.69) is 11.6 Å². The maximum Gasteiger partial charge on any atom is 0.338 e. The van der Waals surface area contributed by atoms with Crippen molar-refractivity contribution in [2.45, 2.75) is 17.0 Å². The van der Waals surface area contributed by atoms with Crippen LogP contribution >= 0.6 is 34.8 Å². The molecular weight excluding hydrogens is 261 g/mol. The van der Waals surface area contributed by atoms with E-state index in [1.165, 1.54) is 0 Å². The van der Waals surface area contributed by atoms with E-state index in [4.69, 9.17) is 23.2 Å². The van der Waals surface area contributed by atoms with Crippen molar-refractivity contribution < 1.29 is 22.0 Å². The van der Waals surface area contributed by atoms with Crippen LogP contribution in [0.5, 0.6) is 0 Å². The molecule has 1 aliphatic carbocycles. The predicted octanol–water partition coefficient (Wildman–Crippen LogP) is 3.86. The molecule has 0 spiro atoms. The van der Waals surface area contributed by atoms with Crippen molar-refractivity contribution in [1.29, 1.82) is 0 Å². The van der Waals surface area contributed by atoms with Gasteiger partial charge >= 0.3 is 17.0 Å². The van der Waals surface area contributed by atoms with Crippen molar-refractivity contribution in [2.75, 3.05) is 0 Å². The van der Waals surface area contributed by atoms with E-state index in [1.807, 2.05) is 0 Å². The molecule has 1 rings (SSSR count). The van der Waals surface area contributed by atoms with Crippen molar-refractivity contribution in [2.24, 2.45) is 0 Å². The average molecular weight is 261 g/mol. The first-order chi connectivity index (χ1) is 5.57.